The van der Waals surface area contributed by atoms with E-state index in [1.807, 2.05) is 30.6 Å². The first-order chi connectivity index (χ1) is 13.7. The monoisotopic (exact) mass is 441 g/mol. The highest BCUT2D eigenvalue weighted by atomic mass is 79.9. The average Bonchev–Trinajstić information content (AvgIpc) is 2.74. The van der Waals surface area contributed by atoms with Crippen molar-refractivity contribution >= 4 is 32.4 Å². The van der Waals surface area contributed by atoms with E-state index in [-0.39, 0.29) is 0 Å². The van der Waals surface area contributed by atoms with Gasteiger partial charge in [0.2, 0.25) is 0 Å². The van der Waals surface area contributed by atoms with E-state index in [0.29, 0.717) is 0 Å². The van der Waals surface area contributed by atoms with Gasteiger partial charge in [-0.1, -0.05) is 18.2 Å². The summed E-state index contributed by atoms with van der Waals surface area (Å²) in [7, 11) is 3.40. The van der Waals surface area contributed by atoms with Crippen molar-refractivity contribution in [3.05, 3.63) is 58.8 Å². The molecule has 0 spiro atoms. The van der Waals surface area contributed by atoms with Crippen molar-refractivity contribution in [2.24, 2.45) is 0 Å². The Morgan fingerprint density at radius 1 is 0.964 bits per heavy atom. The maximum atomic E-state index is 5.59. The molecule has 2 aromatic carbocycles. The molecular weight excluding hydrogens is 418 g/mol. The fraction of sp³-hybridized carbons (Fsp3) is 0.318. The summed E-state index contributed by atoms with van der Waals surface area (Å²) in [5, 5.41) is 2.20. The summed E-state index contributed by atoms with van der Waals surface area (Å²) >= 11 is 3.57. The van der Waals surface area contributed by atoms with Gasteiger partial charge in [0, 0.05) is 36.6 Å². The molecule has 0 amide bonds. The highest BCUT2D eigenvalue weighted by Crippen LogP contribution is 2.37. The molecule has 146 valence electrons. The van der Waals surface area contributed by atoms with Gasteiger partial charge in [-0.3, -0.25) is 9.88 Å². The molecule has 0 N–H and O–H groups in total. The number of hydrogen-bond acceptors (Lipinski definition) is 5. The van der Waals surface area contributed by atoms with Crippen LogP contribution in [-0.4, -0.2) is 43.9 Å². The van der Waals surface area contributed by atoms with Gasteiger partial charge >= 0.3 is 0 Å². The fourth-order valence-electron chi connectivity index (χ4n) is 3.82. The lowest BCUT2D eigenvalue weighted by atomic mass is 10.1. The van der Waals surface area contributed by atoms with Gasteiger partial charge in [0.25, 0.3) is 0 Å². The number of rotatable bonds is 5. The SMILES string of the molecule is COc1ccc(CN2CCCN(c3cncc4c(OC)c(Br)ccc34)C2)cc1. The van der Waals surface area contributed by atoms with Gasteiger partial charge in [-0.15, -0.1) is 0 Å². The Hall–Kier alpha value is -2.31. The lowest BCUT2D eigenvalue weighted by Crippen LogP contribution is -2.44. The lowest BCUT2D eigenvalue weighted by Gasteiger charge is -2.37. The molecule has 0 radical (unpaired) electrons. The van der Waals surface area contributed by atoms with Crippen LogP contribution in [0.3, 0.4) is 0 Å². The van der Waals surface area contributed by atoms with Crippen molar-refractivity contribution in [3.63, 3.8) is 0 Å². The standard InChI is InChI=1S/C22H24BrN3O2/c1-27-17-6-4-16(5-7-17)14-25-10-3-11-26(15-25)21-13-24-12-19-18(21)8-9-20(23)22(19)28-2/h4-9,12-13H,3,10-11,14-15H2,1-2H3. The second-order valence-corrected chi connectivity index (χ2v) is 7.85. The van der Waals surface area contributed by atoms with Crippen LogP contribution in [0, 0.1) is 0 Å². The second-order valence-electron chi connectivity index (χ2n) is 6.99. The number of pyridine rings is 1. The number of hydrogen-bond donors (Lipinski definition) is 0. The topological polar surface area (TPSA) is 37.8 Å². The van der Waals surface area contributed by atoms with E-state index in [9.17, 15) is 0 Å². The number of aromatic nitrogens is 1. The first-order valence-electron chi connectivity index (χ1n) is 9.40. The Morgan fingerprint density at radius 3 is 2.54 bits per heavy atom. The van der Waals surface area contributed by atoms with Crippen molar-refractivity contribution in [2.75, 3.05) is 38.9 Å². The first-order valence-corrected chi connectivity index (χ1v) is 10.2. The predicted molar refractivity (Wildman–Crippen MR) is 116 cm³/mol. The highest BCUT2D eigenvalue weighted by molar-refractivity contribution is 9.10. The van der Waals surface area contributed by atoms with Crippen LogP contribution in [-0.2, 0) is 6.54 Å². The van der Waals surface area contributed by atoms with E-state index in [0.717, 1.165) is 59.8 Å². The predicted octanol–water partition coefficient (Wildman–Crippen LogP) is 4.68. The molecular formula is C22H24BrN3O2. The fourth-order valence-corrected chi connectivity index (χ4v) is 4.33. The van der Waals surface area contributed by atoms with Crippen molar-refractivity contribution in [2.45, 2.75) is 13.0 Å². The zero-order chi connectivity index (χ0) is 19.5. The molecule has 0 atom stereocenters. The largest absolute Gasteiger partial charge is 0.497 e. The van der Waals surface area contributed by atoms with Crippen LogP contribution in [0.4, 0.5) is 5.69 Å². The molecule has 1 saturated heterocycles. The van der Waals surface area contributed by atoms with E-state index in [1.54, 1.807) is 14.2 Å². The number of nitrogens with zero attached hydrogens (tertiary/aromatic N) is 3. The van der Waals surface area contributed by atoms with Gasteiger partial charge in [0.05, 0.1) is 37.2 Å². The number of anilines is 1. The molecule has 1 aromatic heterocycles. The lowest BCUT2D eigenvalue weighted by molar-refractivity contribution is 0.233. The summed E-state index contributed by atoms with van der Waals surface area (Å²) in [5.74, 6) is 1.73. The Balaban J connectivity index is 1.57. The molecule has 0 unspecified atom stereocenters. The Kier molecular flexibility index (Phi) is 5.69. The molecule has 1 fully saturated rings. The zero-order valence-electron chi connectivity index (χ0n) is 16.2. The Bertz CT molecular complexity index is 962. The molecule has 6 heteroatoms. The molecule has 1 aliphatic heterocycles. The van der Waals surface area contributed by atoms with Crippen LogP contribution >= 0.6 is 15.9 Å². The number of benzene rings is 2. The van der Waals surface area contributed by atoms with Crippen LogP contribution in [0.25, 0.3) is 10.8 Å². The average molecular weight is 442 g/mol. The van der Waals surface area contributed by atoms with Crippen LogP contribution in [0.1, 0.15) is 12.0 Å². The van der Waals surface area contributed by atoms with E-state index < -0.39 is 0 Å². The summed E-state index contributed by atoms with van der Waals surface area (Å²) < 4.78 is 11.8. The summed E-state index contributed by atoms with van der Waals surface area (Å²) in [6.45, 7) is 3.92. The molecule has 4 rings (SSSR count). The summed E-state index contributed by atoms with van der Waals surface area (Å²) in [4.78, 5) is 9.38. The van der Waals surface area contributed by atoms with Crippen LogP contribution < -0.4 is 14.4 Å². The summed E-state index contributed by atoms with van der Waals surface area (Å²) in [6.07, 6.45) is 4.97. The first kappa shape index (κ1) is 19.0. The minimum atomic E-state index is 0.832. The van der Waals surface area contributed by atoms with Gasteiger partial charge < -0.3 is 14.4 Å². The number of ether oxygens (including phenoxy) is 2. The van der Waals surface area contributed by atoms with Crippen molar-refractivity contribution in [1.82, 2.24) is 9.88 Å². The maximum absolute atomic E-state index is 5.59. The molecule has 28 heavy (non-hydrogen) atoms. The normalized spacial score (nSPS) is 15.0. The second kappa shape index (κ2) is 8.37. The summed E-state index contributed by atoms with van der Waals surface area (Å²) in [6, 6.07) is 12.5. The van der Waals surface area contributed by atoms with Crippen LogP contribution in [0.15, 0.2) is 53.3 Å². The Morgan fingerprint density at radius 2 is 1.79 bits per heavy atom. The van der Waals surface area contributed by atoms with Crippen LogP contribution in [0.5, 0.6) is 11.5 Å². The zero-order valence-corrected chi connectivity index (χ0v) is 17.8. The van der Waals surface area contributed by atoms with Gasteiger partial charge in [-0.25, -0.2) is 0 Å². The molecule has 0 bridgehead atoms. The highest BCUT2D eigenvalue weighted by Gasteiger charge is 2.21. The van der Waals surface area contributed by atoms with Gasteiger partial charge in [0.1, 0.15) is 11.5 Å². The third kappa shape index (κ3) is 3.80. The molecule has 0 aliphatic carbocycles. The Labute approximate surface area is 174 Å². The molecule has 0 saturated carbocycles. The smallest absolute Gasteiger partial charge is 0.142 e. The summed E-state index contributed by atoms with van der Waals surface area (Å²) in [5.41, 5.74) is 2.45. The third-order valence-electron chi connectivity index (χ3n) is 5.21. The van der Waals surface area contributed by atoms with E-state index >= 15 is 0 Å². The van der Waals surface area contributed by atoms with E-state index in [4.69, 9.17) is 9.47 Å². The molecule has 3 aromatic rings. The van der Waals surface area contributed by atoms with Crippen LogP contribution in [0.2, 0.25) is 0 Å². The van der Waals surface area contributed by atoms with Crippen molar-refractivity contribution in [1.29, 1.82) is 0 Å². The minimum Gasteiger partial charge on any atom is -0.497 e. The van der Waals surface area contributed by atoms with E-state index in [2.05, 4.69) is 48.9 Å². The van der Waals surface area contributed by atoms with Gasteiger partial charge in [-0.05, 0) is 46.1 Å². The maximum Gasteiger partial charge on any atom is 0.142 e. The molecule has 2 heterocycles. The molecule has 1 aliphatic rings. The number of fused-ring (bicyclic) bond motifs is 1. The number of methoxy groups -OCH3 is 2. The number of halogens is 1. The quantitative estimate of drug-likeness (QED) is 0.574. The van der Waals surface area contributed by atoms with E-state index in [1.165, 1.54) is 10.9 Å². The van der Waals surface area contributed by atoms with Crippen molar-refractivity contribution in [3.8, 4) is 11.5 Å². The third-order valence-corrected chi connectivity index (χ3v) is 5.83. The van der Waals surface area contributed by atoms with Gasteiger partial charge in [0.15, 0.2) is 0 Å². The van der Waals surface area contributed by atoms with Gasteiger partial charge in [-0.2, -0.15) is 0 Å². The molecule has 5 nitrogen and oxygen atoms in total. The minimum absolute atomic E-state index is 0.832. The van der Waals surface area contributed by atoms with Crippen molar-refractivity contribution < 1.29 is 9.47 Å².